The van der Waals surface area contributed by atoms with Crippen molar-refractivity contribution in [3.8, 4) is 0 Å². The maximum Gasteiger partial charge on any atom is 0.132 e. The Bertz CT molecular complexity index is 107. The lowest BCUT2D eigenvalue weighted by molar-refractivity contribution is -0.118. The van der Waals surface area contributed by atoms with Gasteiger partial charge in [-0.2, -0.15) is 0 Å². The number of hydrogen-bond donors (Lipinski definition) is 1. The van der Waals surface area contributed by atoms with E-state index in [2.05, 4.69) is 6.58 Å². The molecule has 0 unspecified atom stereocenters. The molecule has 0 aliphatic rings. The molecule has 0 spiro atoms. The molecular formula is C7H12O2. The quantitative estimate of drug-likeness (QED) is 0.571. The summed E-state index contributed by atoms with van der Waals surface area (Å²) in [5.74, 6) is 0.0179. The third kappa shape index (κ3) is 5.24. The Labute approximate surface area is 55.2 Å². The summed E-state index contributed by atoms with van der Waals surface area (Å²) in [5, 5.41) is 8.93. The Morgan fingerprint density at radius 1 is 1.89 bits per heavy atom. The summed E-state index contributed by atoms with van der Waals surface area (Å²) in [6, 6.07) is 0. The Balaban J connectivity index is 3.37. The fraction of sp³-hybridized carbons (Fsp3) is 0.571. The van der Waals surface area contributed by atoms with Gasteiger partial charge in [0.25, 0.3) is 0 Å². The summed E-state index contributed by atoms with van der Waals surface area (Å²) in [6.07, 6.45) is 1.82. The van der Waals surface area contributed by atoms with Gasteiger partial charge in [-0.05, 0) is 13.3 Å². The van der Waals surface area contributed by atoms with E-state index >= 15 is 0 Å². The Kier molecular flexibility index (Phi) is 3.97. The molecule has 0 aromatic rings. The zero-order valence-corrected chi connectivity index (χ0v) is 5.63. The van der Waals surface area contributed by atoms with Crippen LogP contribution in [0, 0.1) is 0 Å². The van der Waals surface area contributed by atoms with Gasteiger partial charge in [0.1, 0.15) is 5.78 Å². The zero-order valence-electron chi connectivity index (χ0n) is 5.63. The van der Waals surface area contributed by atoms with E-state index in [0.717, 1.165) is 0 Å². The van der Waals surface area contributed by atoms with Crippen LogP contribution >= 0.6 is 0 Å². The van der Waals surface area contributed by atoms with Gasteiger partial charge in [-0.1, -0.05) is 6.08 Å². The van der Waals surface area contributed by atoms with Crippen LogP contribution in [0.5, 0.6) is 0 Å². The van der Waals surface area contributed by atoms with E-state index in [1.54, 1.807) is 6.08 Å². The van der Waals surface area contributed by atoms with E-state index in [-0.39, 0.29) is 12.2 Å². The van der Waals surface area contributed by atoms with Crippen LogP contribution in [-0.2, 0) is 4.79 Å². The monoisotopic (exact) mass is 128 g/mol. The van der Waals surface area contributed by atoms with Gasteiger partial charge in [-0.3, -0.25) is 4.79 Å². The van der Waals surface area contributed by atoms with Gasteiger partial charge in [-0.25, -0.2) is 0 Å². The number of ketones is 1. The second-order valence-corrected chi connectivity index (χ2v) is 2.08. The molecule has 0 rings (SSSR count). The van der Waals surface area contributed by atoms with Crippen molar-refractivity contribution in [1.82, 2.24) is 0 Å². The van der Waals surface area contributed by atoms with Crippen LogP contribution in [0.2, 0.25) is 0 Å². The van der Waals surface area contributed by atoms with Crippen molar-refractivity contribution >= 4 is 5.78 Å². The maximum absolute atomic E-state index is 10.3. The topological polar surface area (TPSA) is 37.3 Å². The van der Waals surface area contributed by atoms with Crippen molar-refractivity contribution in [2.45, 2.75) is 25.9 Å². The minimum absolute atomic E-state index is 0.0179. The molecule has 0 saturated heterocycles. The molecular weight excluding hydrogens is 116 g/mol. The number of carbonyl (C=O) groups excluding carboxylic acids is 1. The van der Waals surface area contributed by atoms with Crippen LogP contribution in [0.3, 0.4) is 0 Å². The lowest BCUT2D eigenvalue weighted by Crippen LogP contribution is -2.09. The molecule has 9 heavy (non-hydrogen) atoms. The Morgan fingerprint density at radius 3 is 2.78 bits per heavy atom. The lowest BCUT2D eigenvalue weighted by atomic mass is 10.1. The summed E-state index contributed by atoms with van der Waals surface area (Å²) >= 11 is 0. The van der Waals surface area contributed by atoms with Crippen LogP contribution in [0.25, 0.3) is 0 Å². The summed E-state index contributed by atoms with van der Waals surface area (Å²) in [5.41, 5.74) is 0. The van der Waals surface area contributed by atoms with Crippen molar-refractivity contribution in [3.63, 3.8) is 0 Å². The highest BCUT2D eigenvalue weighted by atomic mass is 16.3. The van der Waals surface area contributed by atoms with E-state index in [9.17, 15) is 4.79 Å². The first kappa shape index (κ1) is 8.37. The minimum atomic E-state index is -0.528. The molecule has 2 nitrogen and oxygen atoms in total. The molecule has 52 valence electrons. The number of hydrogen-bond acceptors (Lipinski definition) is 2. The second kappa shape index (κ2) is 4.27. The molecule has 1 N–H and O–H groups in total. The van der Waals surface area contributed by atoms with Crippen LogP contribution in [0.15, 0.2) is 12.7 Å². The van der Waals surface area contributed by atoms with E-state index in [1.165, 1.54) is 6.92 Å². The van der Waals surface area contributed by atoms with Gasteiger partial charge < -0.3 is 5.11 Å². The van der Waals surface area contributed by atoms with Crippen molar-refractivity contribution in [2.24, 2.45) is 0 Å². The first-order chi connectivity index (χ1) is 4.16. The van der Waals surface area contributed by atoms with Crippen LogP contribution in [0.4, 0.5) is 0 Å². The van der Waals surface area contributed by atoms with E-state index in [4.69, 9.17) is 5.11 Å². The van der Waals surface area contributed by atoms with E-state index in [0.29, 0.717) is 6.42 Å². The van der Waals surface area contributed by atoms with Crippen molar-refractivity contribution in [1.29, 1.82) is 0 Å². The van der Waals surface area contributed by atoms with E-state index < -0.39 is 6.10 Å². The van der Waals surface area contributed by atoms with Crippen LogP contribution in [-0.4, -0.2) is 17.0 Å². The highest BCUT2D eigenvalue weighted by Crippen LogP contribution is 1.97. The zero-order chi connectivity index (χ0) is 7.28. The Hall–Kier alpha value is -0.630. The van der Waals surface area contributed by atoms with Gasteiger partial charge >= 0.3 is 0 Å². The summed E-state index contributed by atoms with van der Waals surface area (Å²) < 4.78 is 0. The molecule has 0 amide bonds. The largest absolute Gasteiger partial charge is 0.392 e. The number of Topliss-reactive ketones (excluding diaryl/α,β-unsaturated/α-hetero) is 1. The molecule has 0 aromatic carbocycles. The number of aliphatic hydroxyl groups excluding tert-OH is 1. The molecule has 0 aliphatic carbocycles. The molecule has 0 saturated carbocycles. The third-order valence-electron chi connectivity index (χ3n) is 0.962. The number of aliphatic hydroxyl groups is 1. The second-order valence-electron chi connectivity index (χ2n) is 2.08. The van der Waals surface area contributed by atoms with Crippen LogP contribution in [0.1, 0.15) is 19.8 Å². The SMILES string of the molecule is C=CC[C@H](O)CC(C)=O. The molecule has 0 heterocycles. The fourth-order valence-corrected chi connectivity index (χ4v) is 0.608. The first-order valence-electron chi connectivity index (χ1n) is 2.95. The summed E-state index contributed by atoms with van der Waals surface area (Å²) in [7, 11) is 0. The first-order valence-corrected chi connectivity index (χ1v) is 2.95. The van der Waals surface area contributed by atoms with E-state index in [1.807, 2.05) is 0 Å². The van der Waals surface area contributed by atoms with Gasteiger partial charge in [0.2, 0.25) is 0 Å². The standard InChI is InChI=1S/C7H12O2/c1-3-4-7(9)5-6(2)8/h3,7,9H,1,4-5H2,2H3/t7-/m0/s1. The van der Waals surface area contributed by atoms with Gasteiger partial charge in [0.15, 0.2) is 0 Å². The summed E-state index contributed by atoms with van der Waals surface area (Å²) in [6.45, 7) is 4.90. The van der Waals surface area contributed by atoms with Crippen molar-refractivity contribution in [2.75, 3.05) is 0 Å². The van der Waals surface area contributed by atoms with Gasteiger partial charge in [0.05, 0.1) is 6.10 Å². The molecule has 0 bridgehead atoms. The van der Waals surface area contributed by atoms with Crippen LogP contribution < -0.4 is 0 Å². The average Bonchev–Trinajstić information content (AvgIpc) is 1.63. The number of carbonyl (C=O) groups is 1. The van der Waals surface area contributed by atoms with Gasteiger partial charge in [0, 0.05) is 6.42 Å². The minimum Gasteiger partial charge on any atom is -0.392 e. The highest BCUT2D eigenvalue weighted by Gasteiger charge is 2.03. The third-order valence-corrected chi connectivity index (χ3v) is 0.962. The molecule has 0 radical (unpaired) electrons. The number of rotatable bonds is 4. The predicted molar refractivity (Wildman–Crippen MR) is 36.1 cm³/mol. The molecule has 0 aliphatic heterocycles. The average molecular weight is 128 g/mol. The highest BCUT2D eigenvalue weighted by molar-refractivity contribution is 5.75. The molecule has 0 aromatic heterocycles. The predicted octanol–water partition coefficient (Wildman–Crippen LogP) is 0.902. The normalized spacial score (nSPS) is 12.7. The fourth-order valence-electron chi connectivity index (χ4n) is 0.608. The Morgan fingerprint density at radius 2 is 2.44 bits per heavy atom. The smallest absolute Gasteiger partial charge is 0.132 e. The molecule has 1 atom stereocenters. The summed E-state index contributed by atoms with van der Waals surface area (Å²) in [4.78, 5) is 10.3. The maximum atomic E-state index is 10.3. The van der Waals surface area contributed by atoms with Crippen molar-refractivity contribution in [3.05, 3.63) is 12.7 Å². The lowest BCUT2D eigenvalue weighted by Gasteiger charge is -2.02. The molecule has 2 heteroatoms. The van der Waals surface area contributed by atoms with Gasteiger partial charge in [-0.15, -0.1) is 6.58 Å². The molecule has 0 fully saturated rings. The van der Waals surface area contributed by atoms with Crippen molar-refractivity contribution < 1.29 is 9.90 Å².